The topological polar surface area (TPSA) is 54.5 Å². The minimum Gasteiger partial charge on any atom is -0.448 e. The monoisotopic (exact) mass is 453 g/mol. The fourth-order valence-corrected chi connectivity index (χ4v) is 4.98. The van der Waals surface area contributed by atoms with Crippen molar-refractivity contribution in [1.29, 1.82) is 0 Å². The third kappa shape index (κ3) is 3.89. The summed E-state index contributed by atoms with van der Waals surface area (Å²) >= 11 is 12.2. The van der Waals surface area contributed by atoms with E-state index in [2.05, 4.69) is 34.6 Å². The predicted molar refractivity (Wildman–Crippen MR) is 122 cm³/mol. The predicted octanol–water partition coefficient (Wildman–Crippen LogP) is 5.28. The number of carbonyl (C=O) groups excluding carboxylic acids is 1. The van der Waals surface area contributed by atoms with Gasteiger partial charge in [0.25, 0.3) is 0 Å². The minimum atomic E-state index is -0.314. The van der Waals surface area contributed by atoms with E-state index in [9.17, 15) is 4.79 Å². The van der Waals surface area contributed by atoms with Gasteiger partial charge in [0.1, 0.15) is 11.8 Å². The van der Waals surface area contributed by atoms with Crippen molar-refractivity contribution in [1.82, 2.24) is 15.2 Å². The Bertz CT molecular complexity index is 1090. The molecule has 1 aromatic heterocycles. The summed E-state index contributed by atoms with van der Waals surface area (Å²) < 4.78 is 5.80. The molecular weight excluding hydrogens is 433 g/mol. The summed E-state index contributed by atoms with van der Waals surface area (Å²) in [5.74, 6) is 0.0463. The molecule has 1 saturated heterocycles. The van der Waals surface area contributed by atoms with Gasteiger partial charge in [0, 0.05) is 37.3 Å². The SMILES string of the molecule is O=C(OCC1c2ccccc2-c2ccccc21)N1CCNC(c2cnc(Cl)cc2Cl)C1. The van der Waals surface area contributed by atoms with E-state index in [1.165, 1.54) is 22.3 Å². The number of hydrogen-bond donors (Lipinski definition) is 1. The van der Waals surface area contributed by atoms with E-state index in [-0.39, 0.29) is 18.1 Å². The molecule has 5 rings (SSSR count). The van der Waals surface area contributed by atoms with Gasteiger partial charge in [0.15, 0.2) is 0 Å². The van der Waals surface area contributed by atoms with Gasteiger partial charge in [0.05, 0.1) is 11.1 Å². The first-order valence-electron chi connectivity index (χ1n) is 10.3. The van der Waals surface area contributed by atoms with E-state index in [4.69, 9.17) is 27.9 Å². The summed E-state index contributed by atoms with van der Waals surface area (Å²) in [5, 5.41) is 4.27. The number of amides is 1. The molecule has 0 radical (unpaired) electrons. The average molecular weight is 454 g/mol. The van der Waals surface area contributed by atoms with Crippen molar-refractivity contribution in [2.45, 2.75) is 12.0 Å². The number of halogens is 2. The van der Waals surface area contributed by atoms with Crippen LogP contribution in [0.4, 0.5) is 4.79 Å². The Hall–Kier alpha value is -2.60. The van der Waals surface area contributed by atoms with Gasteiger partial charge in [-0.1, -0.05) is 71.7 Å². The van der Waals surface area contributed by atoms with Crippen LogP contribution in [0.1, 0.15) is 28.7 Å². The van der Waals surface area contributed by atoms with E-state index in [1.807, 2.05) is 24.3 Å². The zero-order valence-corrected chi connectivity index (χ0v) is 18.2. The summed E-state index contributed by atoms with van der Waals surface area (Å²) in [6, 6.07) is 18.1. The summed E-state index contributed by atoms with van der Waals surface area (Å²) in [6.07, 6.45) is 1.34. The van der Waals surface area contributed by atoms with Gasteiger partial charge in [-0.2, -0.15) is 0 Å². The Kier molecular flexibility index (Phi) is 5.57. The molecule has 5 nitrogen and oxygen atoms in total. The van der Waals surface area contributed by atoms with Crippen molar-refractivity contribution < 1.29 is 9.53 Å². The number of ether oxygens (including phenoxy) is 1. The van der Waals surface area contributed by atoms with Crippen molar-refractivity contribution in [2.75, 3.05) is 26.2 Å². The fraction of sp³-hybridized carbons (Fsp3) is 0.250. The second-order valence-corrected chi connectivity index (χ2v) is 8.58. The number of pyridine rings is 1. The normalized spacial score (nSPS) is 17.9. The Morgan fingerprint density at radius 3 is 2.42 bits per heavy atom. The second kappa shape index (κ2) is 8.50. The summed E-state index contributed by atoms with van der Waals surface area (Å²) in [7, 11) is 0. The van der Waals surface area contributed by atoms with Gasteiger partial charge in [0.2, 0.25) is 0 Å². The maximum atomic E-state index is 12.9. The van der Waals surface area contributed by atoms with Gasteiger partial charge >= 0.3 is 6.09 Å². The molecule has 2 heterocycles. The van der Waals surface area contributed by atoms with Crippen molar-refractivity contribution in [3.63, 3.8) is 0 Å². The van der Waals surface area contributed by atoms with Gasteiger partial charge in [-0.25, -0.2) is 9.78 Å². The highest BCUT2D eigenvalue weighted by molar-refractivity contribution is 6.34. The molecule has 3 aromatic rings. The molecule has 1 atom stereocenters. The van der Waals surface area contributed by atoms with E-state index in [1.54, 1.807) is 17.2 Å². The zero-order chi connectivity index (χ0) is 21.4. The molecule has 1 unspecified atom stereocenters. The molecule has 0 bridgehead atoms. The molecule has 2 aromatic carbocycles. The molecule has 1 fully saturated rings. The lowest BCUT2D eigenvalue weighted by molar-refractivity contribution is 0.0883. The van der Waals surface area contributed by atoms with Crippen LogP contribution in [-0.2, 0) is 4.74 Å². The van der Waals surface area contributed by atoms with Crippen LogP contribution in [0, 0.1) is 0 Å². The zero-order valence-electron chi connectivity index (χ0n) is 16.7. The molecule has 2 aliphatic rings. The second-order valence-electron chi connectivity index (χ2n) is 7.79. The third-order valence-corrected chi connectivity index (χ3v) is 6.53. The quantitative estimate of drug-likeness (QED) is 0.547. The highest BCUT2D eigenvalue weighted by atomic mass is 35.5. The minimum absolute atomic E-state index is 0.0463. The first kappa shape index (κ1) is 20.3. The van der Waals surface area contributed by atoms with Crippen LogP contribution < -0.4 is 5.32 Å². The number of rotatable bonds is 3. The molecule has 0 saturated carbocycles. The Labute approximate surface area is 190 Å². The fourth-order valence-electron chi connectivity index (χ4n) is 4.48. The van der Waals surface area contributed by atoms with Crippen LogP contribution in [0.5, 0.6) is 0 Å². The first-order valence-corrected chi connectivity index (χ1v) is 11.0. The molecule has 1 aliphatic carbocycles. The highest BCUT2D eigenvalue weighted by Crippen LogP contribution is 2.44. The van der Waals surface area contributed by atoms with E-state index in [0.717, 1.165) is 5.56 Å². The van der Waals surface area contributed by atoms with Crippen LogP contribution in [0.2, 0.25) is 10.2 Å². The smallest absolute Gasteiger partial charge is 0.409 e. The molecule has 1 N–H and O–H groups in total. The summed E-state index contributed by atoms with van der Waals surface area (Å²) in [6.45, 7) is 1.99. The Morgan fingerprint density at radius 1 is 1.06 bits per heavy atom. The number of benzene rings is 2. The average Bonchev–Trinajstić information content (AvgIpc) is 3.11. The number of fused-ring (bicyclic) bond motifs is 3. The van der Waals surface area contributed by atoms with Crippen molar-refractivity contribution in [3.8, 4) is 11.1 Å². The number of hydrogen-bond acceptors (Lipinski definition) is 4. The van der Waals surface area contributed by atoms with Gasteiger partial charge in [-0.15, -0.1) is 0 Å². The number of carbonyl (C=O) groups is 1. The third-order valence-electron chi connectivity index (χ3n) is 5.99. The Balaban J connectivity index is 1.29. The maximum absolute atomic E-state index is 12.9. The summed E-state index contributed by atoms with van der Waals surface area (Å²) in [4.78, 5) is 18.7. The lowest BCUT2D eigenvalue weighted by atomic mass is 9.98. The van der Waals surface area contributed by atoms with Crippen LogP contribution in [0.25, 0.3) is 11.1 Å². The number of nitrogens with one attached hydrogen (secondary N) is 1. The van der Waals surface area contributed by atoms with Crippen molar-refractivity contribution in [3.05, 3.63) is 87.7 Å². The first-order chi connectivity index (χ1) is 15.1. The maximum Gasteiger partial charge on any atom is 0.409 e. The molecule has 31 heavy (non-hydrogen) atoms. The van der Waals surface area contributed by atoms with Crippen LogP contribution >= 0.6 is 23.2 Å². The van der Waals surface area contributed by atoms with E-state index in [0.29, 0.717) is 36.4 Å². The molecular formula is C24H21Cl2N3O2. The van der Waals surface area contributed by atoms with Gasteiger partial charge in [-0.3, -0.25) is 0 Å². The molecule has 0 spiro atoms. The van der Waals surface area contributed by atoms with Crippen LogP contribution in [-0.4, -0.2) is 42.2 Å². The standard InChI is InChI=1S/C24H21Cl2N3O2/c25-21-11-23(26)28-12-19(21)22-13-29(10-9-27-22)24(30)31-14-20-17-7-3-1-5-15(17)16-6-2-4-8-18(16)20/h1-8,11-12,20,22,27H,9-10,13-14H2. The van der Waals surface area contributed by atoms with E-state index >= 15 is 0 Å². The van der Waals surface area contributed by atoms with Crippen LogP contribution in [0.3, 0.4) is 0 Å². The van der Waals surface area contributed by atoms with Gasteiger partial charge in [-0.05, 0) is 28.3 Å². The number of nitrogens with zero attached hydrogens (tertiary/aromatic N) is 2. The van der Waals surface area contributed by atoms with Crippen LogP contribution in [0.15, 0.2) is 60.8 Å². The van der Waals surface area contributed by atoms with Crippen molar-refractivity contribution in [2.24, 2.45) is 0 Å². The molecule has 1 aliphatic heterocycles. The number of piperazine rings is 1. The number of aromatic nitrogens is 1. The largest absolute Gasteiger partial charge is 0.448 e. The highest BCUT2D eigenvalue weighted by Gasteiger charge is 2.31. The van der Waals surface area contributed by atoms with E-state index < -0.39 is 0 Å². The molecule has 1 amide bonds. The molecule has 7 heteroatoms. The Morgan fingerprint density at radius 2 is 1.74 bits per heavy atom. The lowest BCUT2D eigenvalue weighted by Gasteiger charge is -2.33. The lowest BCUT2D eigenvalue weighted by Crippen LogP contribution is -2.48. The van der Waals surface area contributed by atoms with Crippen molar-refractivity contribution >= 4 is 29.3 Å². The van der Waals surface area contributed by atoms with Gasteiger partial charge < -0.3 is 15.0 Å². The molecule has 158 valence electrons. The summed E-state index contributed by atoms with van der Waals surface area (Å²) in [5.41, 5.74) is 5.65.